The fourth-order valence-electron chi connectivity index (χ4n) is 4.34. The van der Waals surface area contributed by atoms with Crippen molar-refractivity contribution in [1.82, 2.24) is 4.57 Å². The summed E-state index contributed by atoms with van der Waals surface area (Å²) in [5.74, 6) is 0.724. The average Bonchev–Trinajstić information content (AvgIpc) is 2.89. The number of aromatic nitrogens is 1. The van der Waals surface area contributed by atoms with Gasteiger partial charge in [0.2, 0.25) is 0 Å². The Morgan fingerprint density at radius 1 is 0.889 bits per heavy atom. The molecule has 0 atom stereocenters. The van der Waals surface area contributed by atoms with Gasteiger partial charge in [-0.25, -0.2) is 4.79 Å². The maximum absolute atomic E-state index is 13.8. The first-order chi connectivity index (χ1) is 17.4. The fourth-order valence-corrected chi connectivity index (χ4v) is 4.34. The molecule has 1 heterocycles. The Bertz CT molecular complexity index is 1490. The number of hydrogen-bond donors (Lipinski definition) is 1. The van der Waals surface area contributed by atoms with Crippen LogP contribution in [0.5, 0.6) is 23.0 Å². The topological polar surface area (TPSA) is 96.2 Å². The minimum absolute atomic E-state index is 0.119. The van der Waals surface area contributed by atoms with E-state index in [0.717, 1.165) is 5.56 Å². The van der Waals surface area contributed by atoms with Gasteiger partial charge in [0.25, 0.3) is 5.56 Å². The van der Waals surface area contributed by atoms with Crippen LogP contribution in [0.4, 0.5) is 0 Å². The molecule has 0 aliphatic heterocycles. The Morgan fingerprint density at radius 2 is 1.61 bits per heavy atom. The number of fused-ring (bicyclic) bond motifs is 1. The summed E-state index contributed by atoms with van der Waals surface area (Å²) in [6.45, 7) is 2.41. The van der Waals surface area contributed by atoms with Crippen molar-refractivity contribution >= 4 is 16.9 Å². The molecule has 0 fully saturated rings. The number of ether oxygens (including phenoxy) is 4. The van der Waals surface area contributed by atoms with Gasteiger partial charge in [0.1, 0.15) is 28.6 Å². The second-order valence-corrected chi connectivity index (χ2v) is 7.94. The standard InChI is InChI=1S/C28H27NO7/c1-5-36-19-11-13-22-21(14-19)25(20-12-10-18(33-2)15-24(20)35-4)26(28(31)32)27(30)29(22)16-17-8-6-7-9-23(17)34-3/h6-15H,5,16H2,1-4H3,(H,31,32). The number of hydrogen-bond acceptors (Lipinski definition) is 6. The van der Waals surface area contributed by atoms with Gasteiger partial charge in [-0.05, 0) is 43.3 Å². The first-order valence-electron chi connectivity index (χ1n) is 11.3. The lowest BCUT2D eigenvalue weighted by atomic mass is 9.94. The van der Waals surface area contributed by atoms with Crippen LogP contribution >= 0.6 is 0 Å². The largest absolute Gasteiger partial charge is 0.497 e. The molecule has 4 rings (SSSR count). The normalized spacial score (nSPS) is 10.8. The van der Waals surface area contributed by atoms with E-state index in [1.54, 1.807) is 49.6 Å². The number of carboxylic acids is 1. The van der Waals surface area contributed by atoms with Crippen molar-refractivity contribution in [3.63, 3.8) is 0 Å². The van der Waals surface area contributed by atoms with Crippen molar-refractivity contribution in [2.24, 2.45) is 0 Å². The van der Waals surface area contributed by atoms with Crippen molar-refractivity contribution in [3.8, 4) is 34.1 Å². The molecule has 0 aliphatic rings. The molecule has 0 bridgehead atoms. The van der Waals surface area contributed by atoms with Crippen LogP contribution in [0.3, 0.4) is 0 Å². The average molecular weight is 490 g/mol. The molecule has 0 saturated heterocycles. The lowest BCUT2D eigenvalue weighted by molar-refractivity contribution is 0.0695. The number of carbonyl (C=O) groups is 1. The van der Waals surface area contributed by atoms with Crippen LogP contribution < -0.4 is 24.5 Å². The van der Waals surface area contributed by atoms with E-state index in [1.807, 2.05) is 25.1 Å². The van der Waals surface area contributed by atoms with E-state index in [-0.39, 0.29) is 17.7 Å². The van der Waals surface area contributed by atoms with Crippen molar-refractivity contribution in [3.05, 3.63) is 82.1 Å². The number of rotatable bonds is 9. The lowest BCUT2D eigenvalue weighted by Gasteiger charge is -2.20. The highest BCUT2D eigenvalue weighted by Gasteiger charge is 2.26. The first-order valence-corrected chi connectivity index (χ1v) is 11.3. The Labute approximate surface area is 208 Å². The zero-order chi connectivity index (χ0) is 25.8. The minimum atomic E-state index is -1.34. The summed E-state index contributed by atoms with van der Waals surface area (Å²) in [5, 5.41) is 10.8. The fraction of sp³-hybridized carbons (Fsp3) is 0.214. The number of carboxylic acid groups (broad SMARTS) is 1. The van der Waals surface area contributed by atoms with E-state index < -0.39 is 11.5 Å². The number of nitrogens with zero attached hydrogens (tertiary/aromatic N) is 1. The van der Waals surface area contributed by atoms with Crippen molar-refractivity contribution in [2.75, 3.05) is 27.9 Å². The Hall–Kier alpha value is -4.46. The van der Waals surface area contributed by atoms with Gasteiger partial charge < -0.3 is 28.6 Å². The number of methoxy groups -OCH3 is 3. The van der Waals surface area contributed by atoms with E-state index in [4.69, 9.17) is 18.9 Å². The minimum Gasteiger partial charge on any atom is -0.497 e. The van der Waals surface area contributed by atoms with Gasteiger partial charge in [0, 0.05) is 28.1 Å². The van der Waals surface area contributed by atoms with Crippen LogP contribution in [-0.2, 0) is 6.54 Å². The van der Waals surface area contributed by atoms with Crippen molar-refractivity contribution in [2.45, 2.75) is 13.5 Å². The van der Waals surface area contributed by atoms with Gasteiger partial charge in [-0.15, -0.1) is 0 Å². The van der Waals surface area contributed by atoms with Crippen LogP contribution in [0.1, 0.15) is 22.8 Å². The highest BCUT2D eigenvalue weighted by atomic mass is 16.5. The summed E-state index contributed by atoms with van der Waals surface area (Å²) >= 11 is 0. The number of pyridine rings is 1. The van der Waals surface area contributed by atoms with Crippen LogP contribution in [0.25, 0.3) is 22.0 Å². The van der Waals surface area contributed by atoms with Crippen LogP contribution in [0.15, 0.2) is 65.5 Å². The van der Waals surface area contributed by atoms with E-state index in [2.05, 4.69) is 0 Å². The molecule has 0 radical (unpaired) electrons. The monoisotopic (exact) mass is 489 g/mol. The van der Waals surface area contributed by atoms with Gasteiger partial charge in [-0.3, -0.25) is 4.79 Å². The van der Waals surface area contributed by atoms with Gasteiger partial charge in [0.05, 0.1) is 40.0 Å². The van der Waals surface area contributed by atoms with Gasteiger partial charge >= 0.3 is 5.97 Å². The zero-order valence-corrected chi connectivity index (χ0v) is 20.5. The van der Waals surface area contributed by atoms with Gasteiger partial charge in [-0.1, -0.05) is 18.2 Å². The molecule has 0 unspecified atom stereocenters. The Balaban J connectivity index is 2.12. The highest BCUT2D eigenvalue weighted by Crippen LogP contribution is 2.40. The molecular weight excluding hydrogens is 462 g/mol. The smallest absolute Gasteiger partial charge is 0.342 e. The van der Waals surface area contributed by atoms with Gasteiger partial charge in [0.15, 0.2) is 0 Å². The molecule has 0 saturated carbocycles. The summed E-state index contributed by atoms with van der Waals surface area (Å²) in [4.78, 5) is 26.4. The van der Waals surface area contributed by atoms with Crippen molar-refractivity contribution in [1.29, 1.82) is 0 Å². The summed E-state index contributed by atoms with van der Waals surface area (Å²) in [6, 6.07) is 17.6. The van der Waals surface area contributed by atoms with E-state index in [9.17, 15) is 14.7 Å². The maximum Gasteiger partial charge on any atom is 0.342 e. The molecule has 8 nitrogen and oxygen atoms in total. The third-order valence-electron chi connectivity index (χ3n) is 5.96. The van der Waals surface area contributed by atoms with Crippen LogP contribution in [0, 0.1) is 0 Å². The molecule has 0 spiro atoms. The zero-order valence-electron chi connectivity index (χ0n) is 20.5. The molecule has 4 aromatic rings. The SMILES string of the molecule is CCOc1ccc2c(c1)c(-c1ccc(OC)cc1OC)c(C(=O)O)c(=O)n2Cc1ccccc1OC. The van der Waals surface area contributed by atoms with Crippen LogP contribution in [-0.4, -0.2) is 43.6 Å². The molecule has 0 amide bonds. The number of para-hydroxylation sites is 1. The van der Waals surface area contributed by atoms with Gasteiger partial charge in [-0.2, -0.15) is 0 Å². The predicted octanol–water partition coefficient (Wildman–Crippen LogP) is 4.84. The molecule has 0 aliphatic carbocycles. The molecule has 1 N–H and O–H groups in total. The quantitative estimate of drug-likeness (QED) is 0.359. The first kappa shape index (κ1) is 24.7. The lowest BCUT2D eigenvalue weighted by Crippen LogP contribution is -2.28. The third-order valence-corrected chi connectivity index (χ3v) is 5.96. The van der Waals surface area contributed by atoms with E-state index in [0.29, 0.717) is 46.1 Å². The summed E-state index contributed by atoms with van der Waals surface area (Å²) in [6.07, 6.45) is 0. The molecule has 8 heteroatoms. The molecular formula is C28H27NO7. The molecule has 36 heavy (non-hydrogen) atoms. The summed E-state index contributed by atoms with van der Waals surface area (Å²) in [7, 11) is 4.56. The van der Waals surface area contributed by atoms with Crippen LogP contribution in [0.2, 0.25) is 0 Å². The van der Waals surface area contributed by atoms with E-state index >= 15 is 0 Å². The van der Waals surface area contributed by atoms with E-state index in [1.165, 1.54) is 18.8 Å². The summed E-state index contributed by atoms with van der Waals surface area (Å²) in [5.41, 5.74) is 0.985. The molecule has 186 valence electrons. The second kappa shape index (κ2) is 10.4. The highest BCUT2D eigenvalue weighted by molar-refractivity contribution is 6.07. The number of aromatic carboxylic acids is 1. The molecule has 1 aromatic heterocycles. The maximum atomic E-state index is 13.8. The second-order valence-electron chi connectivity index (χ2n) is 7.94. The molecule has 3 aromatic carbocycles. The Kier molecular flexibility index (Phi) is 7.15. The number of benzene rings is 3. The Morgan fingerprint density at radius 3 is 2.28 bits per heavy atom. The third kappa shape index (κ3) is 4.45. The predicted molar refractivity (Wildman–Crippen MR) is 137 cm³/mol. The summed E-state index contributed by atoms with van der Waals surface area (Å²) < 4.78 is 23.5. The van der Waals surface area contributed by atoms with Crippen molar-refractivity contribution < 1.29 is 28.8 Å².